The second-order valence-corrected chi connectivity index (χ2v) is 17.3. The highest BCUT2D eigenvalue weighted by molar-refractivity contribution is 6.22. The third-order valence-corrected chi connectivity index (χ3v) is 13.2. The largest absolute Gasteiger partial charge is 0.461 e. The smallest absolute Gasteiger partial charge is 0.138 e. The van der Waals surface area contributed by atoms with E-state index >= 15 is 0 Å². The van der Waals surface area contributed by atoms with Gasteiger partial charge in [-0.3, -0.25) is 9.13 Å². The Labute approximate surface area is 404 Å². The number of hydrogen-bond donors (Lipinski definition) is 0. The van der Waals surface area contributed by atoms with E-state index in [0.29, 0.717) is 0 Å². The Balaban J connectivity index is 1.24. The number of aromatic nitrogens is 4. The molecule has 0 spiro atoms. The summed E-state index contributed by atoms with van der Waals surface area (Å²) in [6, 6.07) is 41.0. The van der Waals surface area contributed by atoms with E-state index in [1.807, 2.05) is 25.2 Å². The molecule has 69 heavy (non-hydrogen) atoms. The van der Waals surface area contributed by atoms with Gasteiger partial charge in [0, 0.05) is 45.0 Å². The van der Waals surface area contributed by atoms with E-state index in [2.05, 4.69) is 231 Å². The van der Waals surface area contributed by atoms with Crippen molar-refractivity contribution in [2.24, 2.45) is 0 Å². The van der Waals surface area contributed by atoms with Crippen molar-refractivity contribution >= 4 is 55.8 Å². The Morgan fingerprint density at radius 2 is 1.51 bits per heavy atom. The van der Waals surface area contributed by atoms with E-state index < -0.39 is 0 Å². The molecule has 5 nitrogen and oxygen atoms in total. The van der Waals surface area contributed by atoms with E-state index in [4.69, 9.17) is 14.4 Å². The topological polar surface area (TPSA) is 48.8 Å². The standard InChI is InChI=1S/C64H54N4O/c1-7-11-12-20-30-59-44(6)53-41-49(35-40-60(53)69-59)55-29-22-31-61(66-55)67-57-39-38-51-50(36-33-43(5)45(9-3)23-8-2)56(10-4)68(62-32-21-28-54(65-62)47-26-16-13-14-17-27-47)64(51)63(57)52-37-34-48(42-58(52)67)46-24-18-15-19-25-46/h7-19,21-29,31-32,34-42,47H,1,4,20,30H2,2-3,5-6H3/b12-11-,23-8-,45-9+. The minimum atomic E-state index is 0.0199. The molecule has 5 heteroatoms. The lowest BCUT2D eigenvalue weighted by Gasteiger charge is -2.13. The molecule has 0 saturated carbocycles. The van der Waals surface area contributed by atoms with Gasteiger partial charge in [0.2, 0.25) is 0 Å². The normalized spacial score (nSPS) is 13.1. The summed E-state index contributed by atoms with van der Waals surface area (Å²) in [5.74, 6) is 2.66. The average molecular weight is 895 g/mol. The second-order valence-electron chi connectivity index (χ2n) is 17.3. The summed E-state index contributed by atoms with van der Waals surface area (Å²) in [5, 5.41) is 4.37. The van der Waals surface area contributed by atoms with Crippen LogP contribution in [0.4, 0.5) is 0 Å². The van der Waals surface area contributed by atoms with Crippen LogP contribution in [0.1, 0.15) is 61.4 Å². The molecule has 5 aromatic heterocycles. The van der Waals surface area contributed by atoms with Crippen molar-refractivity contribution in [1.29, 1.82) is 0 Å². The highest BCUT2D eigenvalue weighted by Gasteiger charge is 2.24. The molecule has 4 aromatic carbocycles. The molecule has 0 N–H and O–H groups in total. The van der Waals surface area contributed by atoms with Crippen LogP contribution >= 0.6 is 0 Å². The van der Waals surface area contributed by atoms with Gasteiger partial charge in [-0.05, 0) is 129 Å². The van der Waals surface area contributed by atoms with Gasteiger partial charge >= 0.3 is 0 Å². The lowest BCUT2D eigenvalue weighted by molar-refractivity contribution is 0.545. The van der Waals surface area contributed by atoms with Crippen molar-refractivity contribution in [2.75, 3.05) is 0 Å². The maximum Gasteiger partial charge on any atom is 0.138 e. The lowest BCUT2D eigenvalue weighted by Crippen LogP contribution is -2.04. The van der Waals surface area contributed by atoms with Crippen LogP contribution in [0.3, 0.4) is 0 Å². The maximum atomic E-state index is 6.37. The van der Waals surface area contributed by atoms with Crippen LogP contribution in [0.5, 0.6) is 0 Å². The number of hydrogen-bond acceptors (Lipinski definition) is 3. The van der Waals surface area contributed by atoms with Crippen LogP contribution in [0.15, 0.2) is 223 Å². The van der Waals surface area contributed by atoms with Crippen molar-refractivity contribution in [2.45, 2.75) is 46.5 Å². The number of allylic oxidation sites excluding steroid dienone is 14. The van der Waals surface area contributed by atoms with Crippen LogP contribution in [-0.2, 0) is 6.42 Å². The third-order valence-electron chi connectivity index (χ3n) is 13.2. The SMILES string of the molecule is C=C/C=C\CCc1oc2ccc(-c3cccc(-n4c5cc(-c6ccccc6)ccc5c5c6c(ccc54)c(C=C=C(C)C(/C=C\C)=C/C)c(C=C)n6-c4cccc(C5C=CC=CC=C5)n4)n3)cc2c1C. The van der Waals surface area contributed by atoms with E-state index in [0.717, 1.165) is 130 Å². The van der Waals surface area contributed by atoms with Gasteiger partial charge in [-0.2, -0.15) is 0 Å². The number of furan rings is 1. The summed E-state index contributed by atoms with van der Waals surface area (Å²) in [6.07, 6.45) is 30.7. The Hall–Kier alpha value is -8.50. The molecule has 0 fully saturated rings. The van der Waals surface area contributed by atoms with Crippen molar-refractivity contribution in [1.82, 2.24) is 19.1 Å². The van der Waals surface area contributed by atoms with Gasteiger partial charge in [-0.15, -0.1) is 5.73 Å². The fraction of sp³-hybridized carbons (Fsp3) is 0.109. The summed E-state index contributed by atoms with van der Waals surface area (Å²) in [7, 11) is 0. The van der Waals surface area contributed by atoms with E-state index in [1.165, 1.54) is 0 Å². The minimum absolute atomic E-state index is 0.0199. The zero-order chi connectivity index (χ0) is 47.4. The fourth-order valence-corrected chi connectivity index (χ4v) is 9.74. The molecule has 0 aliphatic heterocycles. The number of rotatable bonds is 13. The highest BCUT2D eigenvalue weighted by atomic mass is 16.3. The highest BCUT2D eigenvalue weighted by Crippen LogP contribution is 2.43. The summed E-state index contributed by atoms with van der Waals surface area (Å²) < 4.78 is 11.0. The van der Waals surface area contributed by atoms with Gasteiger partial charge in [-0.1, -0.05) is 147 Å². The molecule has 0 atom stereocenters. The Morgan fingerprint density at radius 1 is 0.739 bits per heavy atom. The zero-order valence-corrected chi connectivity index (χ0v) is 39.7. The molecule has 5 heterocycles. The molecule has 0 unspecified atom stereocenters. The van der Waals surface area contributed by atoms with Crippen LogP contribution in [0, 0.1) is 6.92 Å². The van der Waals surface area contributed by atoms with Gasteiger partial charge in [0.1, 0.15) is 23.0 Å². The monoisotopic (exact) mass is 894 g/mol. The first-order valence-corrected chi connectivity index (χ1v) is 23.7. The minimum Gasteiger partial charge on any atom is -0.461 e. The zero-order valence-electron chi connectivity index (χ0n) is 39.7. The molecule has 0 amide bonds. The van der Waals surface area contributed by atoms with Crippen molar-refractivity contribution in [3.05, 3.63) is 246 Å². The number of nitrogens with zero attached hydrogens (tertiary/aromatic N) is 4. The van der Waals surface area contributed by atoms with Gasteiger partial charge in [0.25, 0.3) is 0 Å². The average Bonchev–Trinajstić information content (AvgIpc) is 3.90. The molecular weight excluding hydrogens is 841 g/mol. The summed E-state index contributed by atoms with van der Waals surface area (Å²) >= 11 is 0. The molecule has 0 bridgehead atoms. The number of pyridine rings is 2. The lowest BCUT2D eigenvalue weighted by atomic mass is 10.0. The van der Waals surface area contributed by atoms with E-state index in [-0.39, 0.29) is 5.92 Å². The van der Waals surface area contributed by atoms with Crippen molar-refractivity contribution in [3.8, 4) is 34.0 Å². The quantitative estimate of drug-likeness (QED) is 0.0856. The van der Waals surface area contributed by atoms with E-state index in [9.17, 15) is 0 Å². The third kappa shape index (κ3) is 8.35. The van der Waals surface area contributed by atoms with Crippen LogP contribution in [0.2, 0.25) is 0 Å². The van der Waals surface area contributed by atoms with Crippen molar-refractivity contribution in [3.63, 3.8) is 0 Å². The predicted molar refractivity (Wildman–Crippen MR) is 292 cm³/mol. The first-order chi connectivity index (χ1) is 33.9. The number of fused-ring (bicyclic) bond motifs is 6. The first kappa shape index (κ1) is 44.3. The van der Waals surface area contributed by atoms with Gasteiger partial charge in [-0.25, -0.2) is 9.97 Å². The first-order valence-electron chi connectivity index (χ1n) is 23.7. The van der Waals surface area contributed by atoms with Gasteiger partial charge < -0.3 is 4.42 Å². The van der Waals surface area contributed by atoms with Gasteiger partial charge in [0.05, 0.1) is 33.6 Å². The molecule has 0 saturated heterocycles. The van der Waals surface area contributed by atoms with Crippen LogP contribution in [-0.4, -0.2) is 19.1 Å². The summed E-state index contributed by atoms with van der Waals surface area (Å²) in [5.41, 5.74) is 18.1. The number of benzene rings is 4. The maximum absolute atomic E-state index is 6.37. The van der Waals surface area contributed by atoms with Gasteiger partial charge in [0.15, 0.2) is 0 Å². The summed E-state index contributed by atoms with van der Waals surface area (Å²) in [4.78, 5) is 10.9. The second kappa shape index (κ2) is 19.4. The predicted octanol–water partition coefficient (Wildman–Crippen LogP) is 17.1. The Morgan fingerprint density at radius 3 is 2.28 bits per heavy atom. The molecule has 336 valence electrons. The molecule has 1 aliphatic rings. The van der Waals surface area contributed by atoms with Crippen LogP contribution in [0.25, 0.3) is 89.9 Å². The Bertz CT molecular complexity index is 3720. The molecular formula is C64H54N4O. The number of aryl methyl sites for hydroxylation is 2. The fourth-order valence-electron chi connectivity index (χ4n) is 9.74. The Kier molecular flexibility index (Phi) is 12.5. The molecule has 0 radical (unpaired) electrons. The van der Waals surface area contributed by atoms with E-state index in [1.54, 1.807) is 0 Å². The summed E-state index contributed by atoms with van der Waals surface area (Å²) in [6.45, 7) is 16.6. The van der Waals surface area contributed by atoms with Crippen molar-refractivity contribution < 1.29 is 4.42 Å². The molecule has 9 aromatic rings. The molecule has 1 aliphatic carbocycles. The van der Waals surface area contributed by atoms with Crippen LogP contribution < -0.4 is 0 Å². The molecule has 10 rings (SSSR count).